The van der Waals surface area contributed by atoms with Gasteiger partial charge in [-0.1, -0.05) is 25.1 Å². The predicted molar refractivity (Wildman–Crippen MR) is 68.5 cm³/mol. The van der Waals surface area contributed by atoms with Gasteiger partial charge in [-0.3, -0.25) is 0 Å². The highest BCUT2D eigenvalue weighted by molar-refractivity contribution is 7.99. The third kappa shape index (κ3) is 2.61. The van der Waals surface area contributed by atoms with Crippen molar-refractivity contribution in [3.8, 4) is 0 Å². The maximum absolute atomic E-state index is 6.20. The number of imidazole rings is 1. The lowest BCUT2D eigenvalue weighted by atomic mass is 9.84. The van der Waals surface area contributed by atoms with Crippen LogP contribution in [0.2, 0.25) is 0 Å². The van der Waals surface area contributed by atoms with Crippen LogP contribution in [0.3, 0.4) is 0 Å². The third-order valence-electron chi connectivity index (χ3n) is 3.56. The summed E-state index contributed by atoms with van der Waals surface area (Å²) < 4.78 is 2.08. The van der Waals surface area contributed by atoms with E-state index in [0.29, 0.717) is 11.3 Å². The number of hydrogen-bond donors (Lipinski definition) is 1. The van der Waals surface area contributed by atoms with Crippen LogP contribution in [0.4, 0.5) is 0 Å². The summed E-state index contributed by atoms with van der Waals surface area (Å²) in [6.45, 7) is 2.28. The Morgan fingerprint density at radius 2 is 2.38 bits per heavy atom. The normalized spacial score (nSPS) is 30.6. The van der Waals surface area contributed by atoms with Crippen LogP contribution in [0.1, 0.15) is 32.6 Å². The van der Waals surface area contributed by atoms with Crippen molar-refractivity contribution in [2.75, 3.05) is 0 Å². The van der Waals surface area contributed by atoms with Crippen LogP contribution in [0.5, 0.6) is 0 Å². The Morgan fingerprint density at radius 1 is 1.56 bits per heavy atom. The minimum absolute atomic E-state index is 0.337. The molecule has 4 heteroatoms. The lowest BCUT2D eigenvalue weighted by molar-refractivity contribution is 0.327. The van der Waals surface area contributed by atoms with Gasteiger partial charge in [-0.2, -0.15) is 0 Å². The average molecular weight is 239 g/mol. The molecule has 0 aliphatic heterocycles. The summed E-state index contributed by atoms with van der Waals surface area (Å²) in [5.74, 6) is 0.859. The van der Waals surface area contributed by atoms with Crippen LogP contribution in [0.25, 0.3) is 0 Å². The van der Waals surface area contributed by atoms with Crippen molar-refractivity contribution in [2.45, 2.75) is 49.1 Å². The Morgan fingerprint density at radius 3 is 3.00 bits per heavy atom. The molecule has 0 spiro atoms. The van der Waals surface area contributed by atoms with E-state index in [-0.39, 0.29) is 0 Å². The Bertz CT molecular complexity index is 337. The summed E-state index contributed by atoms with van der Waals surface area (Å²) in [6, 6.07) is 0.337. The molecule has 3 nitrogen and oxygen atoms in total. The Kier molecular flexibility index (Phi) is 3.92. The van der Waals surface area contributed by atoms with E-state index in [1.165, 1.54) is 25.7 Å². The van der Waals surface area contributed by atoms with Gasteiger partial charge in [0.2, 0.25) is 0 Å². The van der Waals surface area contributed by atoms with Gasteiger partial charge in [-0.05, 0) is 25.2 Å². The van der Waals surface area contributed by atoms with Crippen LogP contribution in [0.15, 0.2) is 17.6 Å². The zero-order valence-electron chi connectivity index (χ0n) is 10.1. The van der Waals surface area contributed by atoms with Gasteiger partial charge < -0.3 is 10.3 Å². The molecule has 1 saturated carbocycles. The van der Waals surface area contributed by atoms with Crippen molar-refractivity contribution in [2.24, 2.45) is 18.7 Å². The number of thioether (sulfide) groups is 1. The first kappa shape index (κ1) is 12.0. The number of rotatable bonds is 3. The fourth-order valence-corrected chi connectivity index (χ4v) is 3.64. The number of aryl methyl sites for hydroxylation is 1. The predicted octanol–water partition coefficient (Wildman–Crippen LogP) is 2.42. The second-order valence-corrected chi connectivity index (χ2v) is 5.93. The van der Waals surface area contributed by atoms with Crippen molar-refractivity contribution in [3.05, 3.63) is 12.4 Å². The van der Waals surface area contributed by atoms with Gasteiger partial charge in [0.15, 0.2) is 5.16 Å². The molecule has 0 saturated heterocycles. The van der Waals surface area contributed by atoms with E-state index in [2.05, 4.69) is 16.5 Å². The molecule has 90 valence electrons. The molecule has 3 unspecified atom stereocenters. The first-order valence-electron chi connectivity index (χ1n) is 6.10. The number of aromatic nitrogens is 2. The van der Waals surface area contributed by atoms with Crippen LogP contribution in [-0.4, -0.2) is 20.8 Å². The van der Waals surface area contributed by atoms with Gasteiger partial charge in [0.1, 0.15) is 0 Å². The number of hydrogen-bond acceptors (Lipinski definition) is 3. The molecule has 1 aromatic rings. The fraction of sp³-hybridized carbons (Fsp3) is 0.750. The van der Waals surface area contributed by atoms with Crippen LogP contribution in [0, 0.1) is 5.92 Å². The summed E-state index contributed by atoms with van der Waals surface area (Å²) in [5.41, 5.74) is 6.20. The summed E-state index contributed by atoms with van der Waals surface area (Å²) >= 11 is 1.85. The summed E-state index contributed by atoms with van der Waals surface area (Å²) in [5, 5.41) is 1.64. The minimum Gasteiger partial charge on any atom is -0.329 e. The molecule has 1 aliphatic carbocycles. The van der Waals surface area contributed by atoms with E-state index in [1.54, 1.807) is 0 Å². The minimum atomic E-state index is 0.337. The summed E-state index contributed by atoms with van der Waals surface area (Å²) in [4.78, 5) is 4.37. The first-order valence-corrected chi connectivity index (χ1v) is 6.98. The second kappa shape index (κ2) is 5.23. The van der Waals surface area contributed by atoms with Gasteiger partial charge in [0.05, 0.1) is 0 Å². The van der Waals surface area contributed by atoms with E-state index in [0.717, 1.165) is 11.1 Å². The van der Waals surface area contributed by atoms with Gasteiger partial charge in [-0.25, -0.2) is 4.98 Å². The first-order chi connectivity index (χ1) is 7.70. The molecular weight excluding hydrogens is 218 g/mol. The molecule has 0 bridgehead atoms. The lowest BCUT2D eigenvalue weighted by Crippen LogP contribution is -2.38. The summed E-state index contributed by atoms with van der Waals surface area (Å²) in [6.07, 6.45) is 8.84. The van der Waals surface area contributed by atoms with Crippen molar-refractivity contribution in [1.82, 2.24) is 9.55 Å². The number of nitrogens with zero attached hydrogens (tertiary/aromatic N) is 2. The molecule has 1 aromatic heterocycles. The molecule has 1 fully saturated rings. The molecule has 0 amide bonds. The second-order valence-electron chi connectivity index (χ2n) is 4.73. The van der Waals surface area contributed by atoms with E-state index in [9.17, 15) is 0 Å². The largest absolute Gasteiger partial charge is 0.329 e. The van der Waals surface area contributed by atoms with Gasteiger partial charge in [0, 0.05) is 30.7 Å². The quantitative estimate of drug-likeness (QED) is 0.881. The van der Waals surface area contributed by atoms with Crippen molar-refractivity contribution < 1.29 is 0 Å². The molecule has 2 rings (SSSR count). The van der Waals surface area contributed by atoms with Crippen molar-refractivity contribution in [1.29, 1.82) is 0 Å². The standard InChI is InChI=1S/C12H21N3S/c1-3-9-4-5-10(13)11(8-9)16-12-14-6-7-15(12)2/h6-7,9-11H,3-5,8,13H2,1-2H3. The molecule has 0 radical (unpaired) electrons. The molecule has 2 N–H and O–H groups in total. The van der Waals surface area contributed by atoms with Gasteiger partial charge in [0.25, 0.3) is 0 Å². The van der Waals surface area contributed by atoms with Gasteiger partial charge >= 0.3 is 0 Å². The maximum Gasteiger partial charge on any atom is 0.167 e. The highest BCUT2D eigenvalue weighted by atomic mass is 32.2. The average Bonchev–Trinajstić information content (AvgIpc) is 2.68. The van der Waals surface area contributed by atoms with E-state index in [1.807, 2.05) is 31.2 Å². The molecule has 1 aliphatic rings. The Labute approximate surface area is 102 Å². The van der Waals surface area contributed by atoms with Crippen LogP contribution < -0.4 is 5.73 Å². The zero-order chi connectivity index (χ0) is 11.5. The molecule has 3 atom stereocenters. The monoisotopic (exact) mass is 239 g/mol. The third-order valence-corrected chi connectivity index (χ3v) is 5.01. The topological polar surface area (TPSA) is 43.8 Å². The maximum atomic E-state index is 6.20. The molecule has 16 heavy (non-hydrogen) atoms. The smallest absolute Gasteiger partial charge is 0.167 e. The van der Waals surface area contributed by atoms with Gasteiger partial charge in [-0.15, -0.1) is 0 Å². The molecular formula is C12H21N3S. The van der Waals surface area contributed by atoms with E-state index >= 15 is 0 Å². The molecule has 0 aromatic carbocycles. The highest BCUT2D eigenvalue weighted by Gasteiger charge is 2.28. The van der Waals surface area contributed by atoms with Crippen molar-refractivity contribution >= 4 is 11.8 Å². The van der Waals surface area contributed by atoms with Crippen LogP contribution in [-0.2, 0) is 7.05 Å². The molecule has 1 heterocycles. The van der Waals surface area contributed by atoms with E-state index in [4.69, 9.17) is 5.73 Å². The Hall–Kier alpha value is -0.480. The van der Waals surface area contributed by atoms with Crippen LogP contribution >= 0.6 is 11.8 Å². The fourth-order valence-electron chi connectivity index (χ4n) is 2.34. The van der Waals surface area contributed by atoms with E-state index < -0.39 is 0 Å². The Balaban J connectivity index is 1.99. The van der Waals surface area contributed by atoms with Crippen molar-refractivity contribution in [3.63, 3.8) is 0 Å². The summed E-state index contributed by atoms with van der Waals surface area (Å²) in [7, 11) is 2.04. The highest BCUT2D eigenvalue weighted by Crippen LogP contribution is 2.35. The lowest BCUT2D eigenvalue weighted by Gasteiger charge is -2.32. The zero-order valence-corrected chi connectivity index (χ0v) is 10.9. The number of nitrogens with two attached hydrogens (primary N) is 1. The SMILES string of the molecule is CCC1CCC(N)C(Sc2nccn2C)C1.